The van der Waals surface area contributed by atoms with Crippen molar-refractivity contribution in [3.63, 3.8) is 0 Å². The molecule has 1 aromatic heterocycles. The average molecular weight is 458 g/mol. The number of nitrogens with one attached hydrogen (secondary N) is 1. The van der Waals surface area contributed by atoms with Crippen LogP contribution in [-0.2, 0) is 6.54 Å². The number of guanidine groups is 1. The van der Waals surface area contributed by atoms with Gasteiger partial charge in [0.15, 0.2) is 5.96 Å². The number of pyridine rings is 1. The van der Waals surface area contributed by atoms with Gasteiger partial charge in [0.2, 0.25) is 0 Å². The van der Waals surface area contributed by atoms with Crippen LogP contribution in [0.2, 0.25) is 0 Å². The minimum Gasteiger partial charge on any atom is -0.357 e. The lowest BCUT2D eigenvalue weighted by atomic mass is 10.2. The molecule has 0 bridgehead atoms. The Hall–Kier alpha value is -1.09. The molecule has 2 aliphatic rings. The van der Waals surface area contributed by atoms with E-state index in [0.717, 1.165) is 57.6 Å². The van der Waals surface area contributed by atoms with Crippen molar-refractivity contribution in [3.8, 4) is 0 Å². The van der Waals surface area contributed by atoms with E-state index >= 15 is 0 Å². The lowest BCUT2D eigenvalue weighted by molar-refractivity contribution is 0.312. The Kier molecular flexibility index (Phi) is 8.21. The summed E-state index contributed by atoms with van der Waals surface area (Å²) in [6, 6.07) is 4.28. The number of piperazine rings is 1. The number of likely N-dealkylation sites (N-methyl/N-ethyl adjacent to an activating group) is 1. The summed E-state index contributed by atoms with van der Waals surface area (Å²) in [6.07, 6.45) is 4.46. The van der Waals surface area contributed by atoms with E-state index in [1.807, 2.05) is 6.20 Å². The van der Waals surface area contributed by atoms with E-state index in [9.17, 15) is 0 Å². The van der Waals surface area contributed by atoms with Gasteiger partial charge in [-0.2, -0.15) is 0 Å². The van der Waals surface area contributed by atoms with Gasteiger partial charge in [-0.05, 0) is 44.5 Å². The maximum absolute atomic E-state index is 4.84. The molecule has 7 heteroatoms. The maximum Gasteiger partial charge on any atom is 0.194 e. The summed E-state index contributed by atoms with van der Waals surface area (Å²) in [5, 5.41) is 3.42. The highest BCUT2D eigenvalue weighted by atomic mass is 127. The van der Waals surface area contributed by atoms with Crippen molar-refractivity contribution in [1.82, 2.24) is 20.1 Å². The average Bonchev–Trinajstić information content (AvgIpc) is 3.14. The highest BCUT2D eigenvalue weighted by Gasteiger charge is 2.17. The molecule has 0 atom stereocenters. The number of hydrogen-bond acceptors (Lipinski definition) is 4. The Morgan fingerprint density at radius 1 is 1.16 bits per heavy atom. The molecule has 140 valence electrons. The van der Waals surface area contributed by atoms with Crippen molar-refractivity contribution < 1.29 is 0 Å². The smallest absolute Gasteiger partial charge is 0.194 e. The van der Waals surface area contributed by atoms with Gasteiger partial charge in [-0.25, -0.2) is 9.98 Å². The van der Waals surface area contributed by atoms with Gasteiger partial charge in [-0.3, -0.25) is 0 Å². The fraction of sp³-hybridized carbons (Fsp3) is 0.667. The highest BCUT2D eigenvalue weighted by molar-refractivity contribution is 14.0. The molecular formula is C18H31IN6. The molecule has 0 saturated carbocycles. The van der Waals surface area contributed by atoms with Crippen LogP contribution in [0.4, 0.5) is 5.82 Å². The van der Waals surface area contributed by atoms with Crippen molar-refractivity contribution in [1.29, 1.82) is 0 Å². The molecule has 3 heterocycles. The van der Waals surface area contributed by atoms with Crippen LogP contribution in [0, 0.1) is 0 Å². The second-order valence-corrected chi connectivity index (χ2v) is 6.68. The molecule has 1 aromatic rings. The SMILES string of the molecule is CCNC(=NCc1ccnc(N2CCN(C)CC2)c1)N1CCCC1.I. The molecule has 0 aromatic carbocycles. The van der Waals surface area contributed by atoms with Crippen LogP contribution >= 0.6 is 24.0 Å². The van der Waals surface area contributed by atoms with Crippen molar-refractivity contribution in [2.75, 3.05) is 57.8 Å². The molecule has 0 unspecified atom stereocenters. The molecule has 0 spiro atoms. The predicted octanol–water partition coefficient (Wildman–Crippen LogP) is 2.01. The number of aliphatic imine (C=N–C) groups is 1. The third kappa shape index (κ3) is 5.70. The van der Waals surface area contributed by atoms with Crippen LogP contribution < -0.4 is 10.2 Å². The zero-order valence-corrected chi connectivity index (χ0v) is 17.8. The summed E-state index contributed by atoms with van der Waals surface area (Å²) in [4.78, 5) is 16.5. The third-order valence-corrected chi connectivity index (χ3v) is 4.79. The number of halogens is 1. The summed E-state index contributed by atoms with van der Waals surface area (Å²) < 4.78 is 0. The van der Waals surface area contributed by atoms with Crippen molar-refractivity contribution in [2.45, 2.75) is 26.3 Å². The first-order valence-corrected chi connectivity index (χ1v) is 9.18. The molecule has 25 heavy (non-hydrogen) atoms. The zero-order valence-electron chi connectivity index (χ0n) is 15.4. The molecule has 1 N–H and O–H groups in total. The van der Waals surface area contributed by atoms with Gasteiger partial charge in [0, 0.05) is 52.0 Å². The number of rotatable bonds is 4. The van der Waals surface area contributed by atoms with Gasteiger partial charge in [0.25, 0.3) is 0 Å². The van der Waals surface area contributed by atoms with Gasteiger partial charge < -0.3 is 20.0 Å². The van der Waals surface area contributed by atoms with Crippen LogP contribution in [0.3, 0.4) is 0 Å². The third-order valence-electron chi connectivity index (χ3n) is 4.79. The molecule has 0 radical (unpaired) electrons. The first-order valence-electron chi connectivity index (χ1n) is 9.18. The van der Waals surface area contributed by atoms with Crippen LogP contribution in [0.15, 0.2) is 23.3 Å². The summed E-state index contributed by atoms with van der Waals surface area (Å²) >= 11 is 0. The number of likely N-dealkylation sites (tertiary alicyclic amines) is 1. The Morgan fingerprint density at radius 3 is 2.56 bits per heavy atom. The summed E-state index contributed by atoms with van der Waals surface area (Å²) in [5.41, 5.74) is 1.23. The fourth-order valence-electron chi connectivity index (χ4n) is 3.29. The van der Waals surface area contributed by atoms with Gasteiger partial charge >= 0.3 is 0 Å². The molecule has 3 rings (SSSR count). The number of anilines is 1. The van der Waals surface area contributed by atoms with E-state index in [0.29, 0.717) is 6.54 Å². The largest absolute Gasteiger partial charge is 0.357 e. The second-order valence-electron chi connectivity index (χ2n) is 6.68. The van der Waals surface area contributed by atoms with Gasteiger partial charge in [-0.15, -0.1) is 24.0 Å². The van der Waals surface area contributed by atoms with E-state index in [1.165, 1.54) is 18.4 Å². The molecular weight excluding hydrogens is 427 g/mol. The van der Waals surface area contributed by atoms with Gasteiger partial charge in [0.1, 0.15) is 5.82 Å². The minimum absolute atomic E-state index is 0. The molecule has 2 saturated heterocycles. The van der Waals surface area contributed by atoms with Gasteiger partial charge in [-0.1, -0.05) is 0 Å². The van der Waals surface area contributed by atoms with Crippen LogP contribution in [0.5, 0.6) is 0 Å². The zero-order chi connectivity index (χ0) is 16.8. The molecule has 6 nitrogen and oxygen atoms in total. The van der Waals surface area contributed by atoms with Crippen molar-refractivity contribution >= 4 is 35.8 Å². The van der Waals surface area contributed by atoms with E-state index in [1.54, 1.807) is 0 Å². The number of aromatic nitrogens is 1. The Balaban J connectivity index is 0.00000225. The van der Waals surface area contributed by atoms with Gasteiger partial charge in [0.05, 0.1) is 6.54 Å². The quantitative estimate of drug-likeness (QED) is 0.425. The predicted molar refractivity (Wildman–Crippen MR) is 115 cm³/mol. The maximum atomic E-state index is 4.84. The Morgan fingerprint density at radius 2 is 1.88 bits per heavy atom. The summed E-state index contributed by atoms with van der Waals surface area (Å²) in [6.45, 7) is 10.3. The first kappa shape index (κ1) is 20.2. The Bertz CT molecular complexity index is 550. The molecule has 2 aliphatic heterocycles. The summed E-state index contributed by atoms with van der Waals surface area (Å²) in [5.74, 6) is 2.13. The van der Waals surface area contributed by atoms with Crippen LogP contribution in [0.1, 0.15) is 25.3 Å². The molecule has 0 amide bonds. The topological polar surface area (TPSA) is 47.0 Å². The Labute approximate surface area is 168 Å². The van der Waals surface area contributed by atoms with Crippen molar-refractivity contribution in [2.24, 2.45) is 4.99 Å². The minimum atomic E-state index is 0. The number of nitrogens with zero attached hydrogens (tertiary/aromatic N) is 5. The fourth-order valence-corrected chi connectivity index (χ4v) is 3.29. The lowest BCUT2D eigenvalue weighted by Gasteiger charge is -2.33. The lowest BCUT2D eigenvalue weighted by Crippen LogP contribution is -2.44. The first-order chi connectivity index (χ1) is 11.8. The standard InChI is InChI=1S/C18H30N6.HI/c1-3-19-18(24-8-4-5-9-24)21-15-16-6-7-20-17(14-16)23-12-10-22(2)11-13-23;/h6-7,14H,3-5,8-13,15H2,1-2H3,(H,19,21);1H. The second kappa shape index (κ2) is 10.2. The molecule has 2 fully saturated rings. The summed E-state index contributed by atoms with van der Waals surface area (Å²) in [7, 11) is 2.18. The van der Waals surface area contributed by atoms with Crippen molar-refractivity contribution in [3.05, 3.63) is 23.9 Å². The highest BCUT2D eigenvalue weighted by Crippen LogP contribution is 2.16. The number of hydrogen-bond donors (Lipinski definition) is 1. The van der Waals surface area contributed by atoms with E-state index in [-0.39, 0.29) is 24.0 Å². The molecule has 0 aliphatic carbocycles. The monoisotopic (exact) mass is 458 g/mol. The normalized spacial score (nSPS) is 19.0. The van der Waals surface area contributed by atoms with Crippen LogP contribution in [-0.4, -0.2) is 73.6 Å². The van der Waals surface area contributed by atoms with E-state index in [2.05, 4.69) is 51.1 Å². The van der Waals surface area contributed by atoms with E-state index in [4.69, 9.17) is 4.99 Å². The van der Waals surface area contributed by atoms with E-state index < -0.39 is 0 Å². The van der Waals surface area contributed by atoms with Crippen LogP contribution in [0.25, 0.3) is 0 Å².